The molecule has 0 aliphatic carbocycles. The first-order chi connectivity index (χ1) is 8.93. The molecule has 1 atom stereocenters. The van der Waals surface area contributed by atoms with Gasteiger partial charge in [-0.2, -0.15) is 0 Å². The van der Waals surface area contributed by atoms with Crippen LogP contribution in [0.15, 0.2) is 23.1 Å². The summed E-state index contributed by atoms with van der Waals surface area (Å²) in [4.78, 5) is 12.0. The van der Waals surface area contributed by atoms with Crippen molar-refractivity contribution >= 4 is 21.6 Å². The summed E-state index contributed by atoms with van der Waals surface area (Å²) in [5, 5.41) is 7.73. The van der Waals surface area contributed by atoms with Gasteiger partial charge in [-0.15, -0.1) is 0 Å². The second-order valence-electron chi connectivity index (χ2n) is 5.86. The Morgan fingerprint density at radius 2 is 1.85 bits per heavy atom. The molecule has 0 saturated heterocycles. The van der Waals surface area contributed by atoms with E-state index in [0.29, 0.717) is 11.3 Å². The zero-order chi connectivity index (χ0) is 15.7. The van der Waals surface area contributed by atoms with E-state index >= 15 is 0 Å². The number of amides is 1. The molecule has 1 rings (SSSR count). The first-order valence-corrected chi connectivity index (χ1v) is 7.67. The molecule has 7 heteroatoms. The lowest BCUT2D eigenvalue weighted by Crippen LogP contribution is -2.45. The van der Waals surface area contributed by atoms with Crippen molar-refractivity contribution in [2.45, 2.75) is 38.6 Å². The lowest BCUT2D eigenvalue weighted by Gasteiger charge is -2.25. The largest absolute Gasteiger partial charge is 0.325 e. The summed E-state index contributed by atoms with van der Waals surface area (Å²) in [5.74, 6) is -0.373. The van der Waals surface area contributed by atoms with Crippen molar-refractivity contribution in [3.05, 3.63) is 23.8 Å². The van der Waals surface area contributed by atoms with Gasteiger partial charge in [0.15, 0.2) is 0 Å². The van der Waals surface area contributed by atoms with E-state index in [-0.39, 0.29) is 10.8 Å². The smallest absolute Gasteiger partial charge is 0.241 e. The summed E-state index contributed by atoms with van der Waals surface area (Å²) in [5.41, 5.74) is 6.32. The number of primary sulfonamides is 1. The summed E-state index contributed by atoms with van der Waals surface area (Å²) < 4.78 is 22.9. The number of hydrogen-bond donors (Lipinski definition) is 3. The van der Waals surface area contributed by atoms with Gasteiger partial charge in [0.25, 0.3) is 0 Å². The first kappa shape index (κ1) is 16.6. The van der Waals surface area contributed by atoms with Gasteiger partial charge in [0, 0.05) is 5.69 Å². The van der Waals surface area contributed by atoms with Crippen molar-refractivity contribution in [2.75, 3.05) is 5.32 Å². The van der Waals surface area contributed by atoms with E-state index < -0.39 is 21.5 Å². The number of rotatable bonds is 3. The van der Waals surface area contributed by atoms with Gasteiger partial charge >= 0.3 is 0 Å². The third kappa shape index (κ3) is 4.03. The molecule has 1 amide bonds. The Balaban J connectivity index is 3.04. The Hall–Kier alpha value is -1.44. The molecule has 1 aromatic carbocycles. The summed E-state index contributed by atoms with van der Waals surface area (Å²) in [7, 11) is -3.82. The number of hydrogen-bond acceptors (Lipinski definition) is 4. The fraction of sp³-hybridized carbons (Fsp3) is 0.462. The molecule has 0 fully saturated rings. The Kier molecular flexibility index (Phi) is 4.58. The Morgan fingerprint density at radius 3 is 2.30 bits per heavy atom. The van der Waals surface area contributed by atoms with E-state index in [0.717, 1.165) is 0 Å². The van der Waals surface area contributed by atoms with E-state index in [4.69, 9.17) is 10.9 Å². The van der Waals surface area contributed by atoms with Crippen molar-refractivity contribution in [1.29, 1.82) is 0 Å². The predicted molar refractivity (Wildman–Crippen MR) is 78.6 cm³/mol. The minimum Gasteiger partial charge on any atom is -0.325 e. The average molecular weight is 299 g/mol. The fourth-order valence-corrected chi connectivity index (χ4v) is 2.41. The third-order valence-electron chi connectivity index (χ3n) is 2.98. The molecule has 1 aromatic rings. The molecule has 20 heavy (non-hydrogen) atoms. The Bertz CT molecular complexity index is 618. The highest BCUT2D eigenvalue weighted by atomic mass is 32.2. The van der Waals surface area contributed by atoms with Crippen LogP contribution in [0.2, 0.25) is 0 Å². The third-order valence-corrected chi connectivity index (χ3v) is 4.03. The van der Waals surface area contributed by atoms with Crippen molar-refractivity contribution < 1.29 is 13.2 Å². The topological polar surface area (TPSA) is 115 Å². The van der Waals surface area contributed by atoms with Gasteiger partial charge in [-0.1, -0.05) is 26.8 Å². The maximum atomic E-state index is 12.0. The number of nitrogens with one attached hydrogen (secondary N) is 1. The van der Waals surface area contributed by atoms with Crippen LogP contribution in [0.5, 0.6) is 0 Å². The van der Waals surface area contributed by atoms with Crippen molar-refractivity contribution in [3.63, 3.8) is 0 Å². The summed E-state index contributed by atoms with van der Waals surface area (Å²) in [6.07, 6.45) is 0. The number of aryl methyl sites for hydroxylation is 1. The lowest BCUT2D eigenvalue weighted by molar-refractivity contribution is -0.119. The molecule has 0 aliphatic rings. The number of benzene rings is 1. The highest BCUT2D eigenvalue weighted by Gasteiger charge is 2.27. The van der Waals surface area contributed by atoms with E-state index in [1.807, 2.05) is 20.8 Å². The van der Waals surface area contributed by atoms with Crippen LogP contribution in [0.3, 0.4) is 0 Å². The average Bonchev–Trinajstić information content (AvgIpc) is 2.27. The van der Waals surface area contributed by atoms with Crippen molar-refractivity contribution in [1.82, 2.24) is 0 Å². The molecule has 5 N–H and O–H groups in total. The SMILES string of the molecule is Cc1ccc(NC(=O)C(N)C(C)(C)C)cc1S(N)(=O)=O. The summed E-state index contributed by atoms with van der Waals surface area (Å²) in [6, 6.07) is 3.81. The number of carbonyl (C=O) groups is 1. The van der Waals surface area contributed by atoms with Gasteiger partial charge in [0.2, 0.25) is 15.9 Å². The maximum absolute atomic E-state index is 12.0. The quantitative estimate of drug-likeness (QED) is 0.770. The van der Waals surface area contributed by atoms with Gasteiger partial charge in [-0.25, -0.2) is 13.6 Å². The van der Waals surface area contributed by atoms with Crippen LogP contribution in [0.4, 0.5) is 5.69 Å². The molecule has 0 saturated carbocycles. The zero-order valence-electron chi connectivity index (χ0n) is 12.1. The summed E-state index contributed by atoms with van der Waals surface area (Å²) >= 11 is 0. The Labute approximate surface area is 119 Å². The van der Waals surface area contributed by atoms with Crippen molar-refractivity contribution in [2.24, 2.45) is 16.3 Å². The van der Waals surface area contributed by atoms with Crippen LogP contribution in [0.25, 0.3) is 0 Å². The second kappa shape index (κ2) is 5.51. The first-order valence-electron chi connectivity index (χ1n) is 6.13. The summed E-state index contributed by atoms with van der Waals surface area (Å²) in [6.45, 7) is 7.18. The zero-order valence-corrected chi connectivity index (χ0v) is 12.9. The van der Waals surface area contributed by atoms with Crippen LogP contribution in [0, 0.1) is 12.3 Å². The maximum Gasteiger partial charge on any atom is 0.241 e. The van der Waals surface area contributed by atoms with E-state index in [1.54, 1.807) is 19.1 Å². The monoisotopic (exact) mass is 299 g/mol. The van der Waals surface area contributed by atoms with Gasteiger partial charge in [0.05, 0.1) is 10.9 Å². The van der Waals surface area contributed by atoms with Crippen LogP contribution in [0.1, 0.15) is 26.3 Å². The molecule has 0 aromatic heterocycles. The molecular formula is C13H21N3O3S. The number of carbonyl (C=O) groups excluding carboxylic acids is 1. The standard InChI is InChI=1S/C13H21N3O3S/c1-8-5-6-9(7-10(8)20(15,18)19)16-12(17)11(14)13(2,3)4/h5-7,11H,14H2,1-4H3,(H,16,17)(H2,15,18,19). The molecule has 0 aliphatic heterocycles. The lowest BCUT2D eigenvalue weighted by atomic mass is 9.87. The van der Waals surface area contributed by atoms with Crippen LogP contribution in [-0.4, -0.2) is 20.4 Å². The highest BCUT2D eigenvalue weighted by molar-refractivity contribution is 7.89. The highest BCUT2D eigenvalue weighted by Crippen LogP contribution is 2.21. The van der Waals surface area contributed by atoms with E-state index in [9.17, 15) is 13.2 Å². The molecule has 0 heterocycles. The predicted octanol–water partition coefficient (Wildman–Crippen LogP) is 0.954. The fourth-order valence-electron chi connectivity index (χ4n) is 1.60. The van der Waals surface area contributed by atoms with Gasteiger partial charge < -0.3 is 11.1 Å². The molecule has 0 radical (unpaired) electrons. The molecule has 6 nitrogen and oxygen atoms in total. The molecular weight excluding hydrogens is 278 g/mol. The van der Waals surface area contributed by atoms with Crippen molar-refractivity contribution in [3.8, 4) is 0 Å². The van der Waals surface area contributed by atoms with Gasteiger partial charge in [0.1, 0.15) is 0 Å². The molecule has 0 bridgehead atoms. The van der Waals surface area contributed by atoms with Gasteiger partial charge in [-0.3, -0.25) is 4.79 Å². The molecule has 1 unspecified atom stereocenters. The number of anilines is 1. The van der Waals surface area contributed by atoms with Crippen LogP contribution < -0.4 is 16.2 Å². The molecule has 112 valence electrons. The minimum absolute atomic E-state index is 0.0142. The minimum atomic E-state index is -3.82. The Morgan fingerprint density at radius 1 is 1.30 bits per heavy atom. The van der Waals surface area contributed by atoms with E-state index in [1.165, 1.54) is 6.07 Å². The normalized spacial score (nSPS) is 13.9. The van der Waals surface area contributed by atoms with Gasteiger partial charge in [-0.05, 0) is 30.0 Å². The van der Waals surface area contributed by atoms with E-state index in [2.05, 4.69) is 5.32 Å². The molecule has 0 spiro atoms. The second-order valence-corrected chi connectivity index (χ2v) is 7.39. The number of sulfonamides is 1. The number of nitrogens with two attached hydrogens (primary N) is 2. The van der Waals surface area contributed by atoms with Crippen LogP contribution in [-0.2, 0) is 14.8 Å². The van der Waals surface area contributed by atoms with Crippen LogP contribution >= 0.6 is 0 Å².